The second-order valence-electron chi connectivity index (χ2n) is 3.65. The lowest BCUT2D eigenvalue weighted by Gasteiger charge is -2.07. The van der Waals surface area contributed by atoms with Gasteiger partial charge in [0.15, 0.2) is 0 Å². The molecular formula is C11H17N3O. The molecule has 0 aromatic carbocycles. The number of hydrogen-bond acceptors (Lipinski definition) is 3. The van der Waals surface area contributed by atoms with Gasteiger partial charge in [0.2, 0.25) is 0 Å². The minimum atomic E-state index is -0.288. The fraction of sp³-hybridized carbons (Fsp3) is 0.545. The monoisotopic (exact) mass is 207 g/mol. The topological polar surface area (TPSA) is 61.0 Å². The van der Waals surface area contributed by atoms with E-state index in [0.29, 0.717) is 18.8 Å². The lowest BCUT2D eigenvalue weighted by molar-refractivity contribution is 0.167. The third-order valence-corrected chi connectivity index (χ3v) is 2.36. The van der Waals surface area contributed by atoms with Crippen LogP contribution in [0.5, 0.6) is 0 Å². The second kappa shape index (κ2) is 5.54. The second-order valence-corrected chi connectivity index (χ2v) is 3.65. The van der Waals surface area contributed by atoms with Gasteiger partial charge in [0.25, 0.3) is 0 Å². The molecule has 0 bridgehead atoms. The summed E-state index contributed by atoms with van der Waals surface area (Å²) in [5.74, 6) is 0. The van der Waals surface area contributed by atoms with Crippen molar-refractivity contribution in [3.8, 4) is 6.07 Å². The van der Waals surface area contributed by atoms with Crippen molar-refractivity contribution in [2.45, 2.75) is 26.0 Å². The van der Waals surface area contributed by atoms with Crippen LogP contribution in [0.15, 0.2) is 12.3 Å². The molecule has 4 heteroatoms. The minimum absolute atomic E-state index is 0.288. The molecule has 1 aromatic heterocycles. The zero-order chi connectivity index (χ0) is 11.3. The zero-order valence-corrected chi connectivity index (χ0v) is 9.20. The van der Waals surface area contributed by atoms with Gasteiger partial charge in [-0.2, -0.15) is 5.26 Å². The van der Waals surface area contributed by atoms with Crippen LogP contribution in [-0.2, 0) is 13.6 Å². The summed E-state index contributed by atoms with van der Waals surface area (Å²) in [7, 11) is 1.85. The zero-order valence-electron chi connectivity index (χ0n) is 9.20. The third-order valence-electron chi connectivity index (χ3n) is 2.36. The standard InChI is InChI=1S/C11H17N3O/c1-3-11(15)7-13-6-9-4-10(5-12)14(2)8-9/h4,8,11,13,15H,3,6-7H2,1-2H3. The van der Waals surface area contributed by atoms with E-state index in [1.54, 1.807) is 4.57 Å². The number of hydrogen-bond donors (Lipinski definition) is 2. The summed E-state index contributed by atoms with van der Waals surface area (Å²) in [5, 5.41) is 21.2. The summed E-state index contributed by atoms with van der Waals surface area (Å²) in [5.41, 5.74) is 1.72. The Morgan fingerprint density at radius 1 is 1.67 bits per heavy atom. The Morgan fingerprint density at radius 3 is 2.93 bits per heavy atom. The van der Waals surface area contributed by atoms with Gasteiger partial charge in [-0.3, -0.25) is 0 Å². The molecule has 1 heterocycles. The number of aliphatic hydroxyl groups is 1. The predicted molar refractivity (Wildman–Crippen MR) is 58.1 cm³/mol. The highest BCUT2D eigenvalue weighted by atomic mass is 16.3. The summed E-state index contributed by atoms with van der Waals surface area (Å²) < 4.78 is 1.80. The van der Waals surface area contributed by atoms with Gasteiger partial charge in [-0.15, -0.1) is 0 Å². The highest BCUT2D eigenvalue weighted by Gasteiger charge is 2.03. The molecule has 2 N–H and O–H groups in total. The van der Waals surface area contributed by atoms with Crippen LogP contribution in [0.2, 0.25) is 0 Å². The molecule has 0 aliphatic carbocycles. The minimum Gasteiger partial charge on any atom is -0.392 e. The molecule has 4 nitrogen and oxygen atoms in total. The van der Waals surface area contributed by atoms with Crippen LogP contribution >= 0.6 is 0 Å². The Morgan fingerprint density at radius 2 is 2.40 bits per heavy atom. The Hall–Kier alpha value is -1.31. The third kappa shape index (κ3) is 3.39. The highest BCUT2D eigenvalue weighted by Crippen LogP contribution is 2.05. The van der Waals surface area contributed by atoms with Crippen LogP contribution in [0.25, 0.3) is 0 Å². The smallest absolute Gasteiger partial charge is 0.120 e. The van der Waals surface area contributed by atoms with Crippen molar-refractivity contribution < 1.29 is 5.11 Å². The van der Waals surface area contributed by atoms with Crippen molar-refractivity contribution in [2.75, 3.05) is 6.54 Å². The van der Waals surface area contributed by atoms with Gasteiger partial charge in [-0.1, -0.05) is 6.92 Å². The van der Waals surface area contributed by atoms with E-state index in [-0.39, 0.29) is 6.10 Å². The van der Waals surface area contributed by atoms with E-state index in [4.69, 9.17) is 5.26 Å². The first-order valence-electron chi connectivity index (χ1n) is 5.11. The van der Waals surface area contributed by atoms with E-state index < -0.39 is 0 Å². The molecule has 0 spiro atoms. The number of aliphatic hydroxyl groups excluding tert-OH is 1. The number of nitriles is 1. The first kappa shape index (κ1) is 11.8. The summed E-state index contributed by atoms with van der Waals surface area (Å²) in [6, 6.07) is 3.96. The normalized spacial score (nSPS) is 12.4. The number of aromatic nitrogens is 1. The SMILES string of the molecule is CCC(O)CNCc1cc(C#N)n(C)c1. The van der Waals surface area contributed by atoms with Gasteiger partial charge < -0.3 is 15.0 Å². The van der Waals surface area contributed by atoms with E-state index in [1.807, 2.05) is 26.2 Å². The first-order chi connectivity index (χ1) is 7.17. The van der Waals surface area contributed by atoms with Gasteiger partial charge in [-0.05, 0) is 18.1 Å². The van der Waals surface area contributed by atoms with Crippen molar-refractivity contribution in [3.05, 3.63) is 23.5 Å². The average Bonchev–Trinajstić information content (AvgIpc) is 2.58. The molecule has 1 atom stereocenters. The van der Waals surface area contributed by atoms with Crippen molar-refractivity contribution in [2.24, 2.45) is 7.05 Å². The molecule has 15 heavy (non-hydrogen) atoms. The van der Waals surface area contributed by atoms with E-state index in [9.17, 15) is 5.11 Å². The molecule has 0 saturated carbocycles. The van der Waals surface area contributed by atoms with Crippen LogP contribution in [0, 0.1) is 11.3 Å². The molecule has 82 valence electrons. The Bertz CT molecular complexity index is 351. The van der Waals surface area contributed by atoms with Gasteiger partial charge in [0, 0.05) is 26.3 Å². The number of nitrogens with one attached hydrogen (secondary N) is 1. The van der Waals surface area contributed by atoms with Crippen LogP contribution in [-0.4, -0.2) is 22.3 Å². The fourth-order valence-corrected chi connectivity index (χ4v) is 1.37. The first-order valence-corrected chi connectivity index (χ1v) is 5.11. The van der Waals surface area contributed by atoms with Crippen LogP contribution in [0.4, 0.5) is 0 Å². The number of aryl methyl sites for hydroxylation is 1. The maximum atomic E-state index is 9.32. The van der Waals surface area contributed by atoms with Crippen molar-refractivity contribution in [1.82, 2.24) is 9.88 Å². The maximum absolute atomic E-state index is 9.32. The van der Waals surface area contributed by atoms with Crippen molar-refractivity contribution in [3.63, 3.8) is 0 Å². The Labute approximate surface area is 90.1 Å². The van der Waals surface area contributed by atoms with Crippen molar-refractivity contribution >= 4 is 0 Å². The molecule has 0 saturated heterocycles. The predicted octanol–water partition coefficient (Wildman–Crippen LogP) is 0.757. The van der Waals surface area contributed by atoms with Crippen LogP contribution in [0.3, 0.4) is 0 Å². The Kier molecular flexibility index (Phi) is 4.35. The van der Waals surface area contributed by atoms with E-state index in [2.05, 4.69) is 11.4 Å². The number of rotatable bonds is 5. The largest absolute Gasteiger partial charge is 0.392 e. The highest BCUT2D eigenvalue weighted by molar-refractivity contribution is 5.28. The molecule has 1 rings (SSSR count). The summed E-state index contributed by atoms with van der Waals surface area (Å²) in [6.45, 7) is 3.22. The lowest BCUT2D eigenvalue weighted by Crippen LogP contribution is -2.25. The van der Waals surface area contributed by atoms with Crippen molar-refractivity contribution in [1.29, 1.82) is 5.26 Å². The van der Waals surface area contributed by atoms with Gasteiger partial charge in [0.05, 0.1) is 6.10 Å². The van der Waals surface area contributed by atoms with Gasteiger partial charge >= 0.3 is 0 Å². The van der Waals surface area contributed by atoms with E-state index in [0.717, 1.165) is 12.0 Å². The molecular weight excluding hydrogens is 190 g/mol. The van der Waals surface area contributed by atoms with Crippen LogP contribution < -0.4 is 5.32 Å². The molecule has 1 aromatic rings. The van der Waals surface area contributed by atoms with Crippen LogP contribution in [0.1, 0.15) is 24.6 Å². The Balaban J connectivity index is 2.42. The molecule has 0 aliphatic rings. The molecule has 0 fully saturated rings. The quantitative estimate of drug-likeness (QED) is 0.749. The summed E-state index contributed by atoms with van der Waals surface area (Å²) >= 11 is 0. The van der Waals surface area contributed by atoms with E-state index in [1.165, 1.54) is 0 Å². The van der Waals surface area contributed by atoms with E-state index >= 15 is 0 Å². The van der Waals surface area contributed by atoms with Gasteiger partial charge in [-0.25, -0.2) is 0 Å². The molecule has 0 radical (unpaired) electrons. The maximum Gasteiger partial charge on any atom is 0.120 e. The van der Waals surface area contributed by atoms with Gasteiger partial charge in [0.1, 0.15) is 11.8 Å². The fourth-order valence-electron chi connectivity index (χ4n) is 1.37. The molecule has 0 amide bonds. The summed E-state index contributed by atoms with van der Waals surface area (Å²) in [4.78, 5) is 0. The average molecular weight is 207 g/mol. The summed E-state index contributed by atoms with van der Waals surface area (Å²) in [6.07, 6.45) is 2.39. The lowest BCUT2D eigenvalue weighted by atomic mass is 10.2. The number of nitrogens with zero attached hydrogens (tertiary/aromatic N) is 2. The molecule has 1 unspecified atom stereocenters. The molecule has 0 aliphatic heterocycles.